The summed E-state index contributed by atoms with van der Waals surface area (Å²) < 4.78 is 13.0. The number of nitrogens with one attached hydrogen (secondary N) is 1. The van der Waals surface area contributed by atoms with E-state index in [9.17, 15) is 4.39 Å². The van der Waals surface area contributed by atoms with Gasteiger partial charge in [-0.3, -0.25) is 0 Å². The van der Waals surface area contributed by atoms with Gasteiger partial charge in [0, 0.05) is 37.9 Å². The summed E-state index contributed by atoms with van der Waals surface area (Å²) in [5.41, 5.74) is 2.40. The standard InChI is InChI=1S/C16H17FN4/c1-12(13-2-4-14(17)5-3-13)15-6-7-19-16(20-15)21-10-8-18-9-11-21/h2-7,18H,1,8-11H2. The average Bonchev–Trinajstić information content (AvgIpc) is 2.56. The molecule has 0 radical (unpaired) electrons. The smallest absolute Gasteiger partial charge is 0.225 e. The Labute approximate surface area is 123 Å². The van der Waals surface area contributed by atoms with Gasteiger partial charge in [0.1, 0.15) is 5.82 Å². The number of hydrogen-bond donors (Lipinski definition) is 1. The van der Waals surface area contributed by atoms with Gasteiger partial charge in [-0.1, -0.05) is 18.7 Å². The highest BCUT2D eigenvalue weighted by Gasteiger charge is 2.14. The number of halogens is 1. The van der Waals surface area contributed by atoms with Gasteiger partial charge in [-0.15, -0.1) is 0 Å². The van der Waals surface area contributed by atoms with Crippen LogP contribution in [0.3, 0.4) is 0 Å². The van der Waals surface area contributed by atoms with Crippen LogP contribution in [0.15, 0.2) is 43.1 Å². The van der Waals surface area contributed by atoms with Gasteiger partial charge in [-0.05, 0) is 23.8 Å². The highest BCUT2D eigenvalue weighted by molar-refractivity contribution is 5.76. The second kappa shape index (κ2) is 6.01. The minimum Gasteiger partial charge on any atom is -0.338 e. The van der Waals surface area contributed by atoms with Crippen molar-refractivity contribution in [3.63, 3.8) is 0 Å². The van der Waals surface area contributed by atoms with Crippen LogP contribution < -0.4 is 10.2 Å². The molecule has 5 heteroatoms. The Kier molecular flexibility index (Phi) is 3.92. The zero-order valence-electron chi connectivity index (χ0n) is 11.7. The second-order valence-electron chi connectivity index (χ2n) is 4.96. The van der Waals surface area contributed by atoms with E-state index >= 15 is 0 Å². The fourth-order valence-electron chi connectivity index (χ4n) is 2.33. The van der Waals surface area contributed by atoms with Crippen LogP contribution >= 0.6 is 0 Å². The second-order valence-corrected chi connectivity index (χ2v) is 4.96. The maximum atomic E-state index is 13.0. The van der Waals surface area contributed by atoms with Crippen molar-refractivity contribution in [1.82, 2.24) is 15.3 Å². The van der Waals surface area contributed by atoms with E-state index in [1.165, 1.54) is 12.1 Å². The summed E-state index contributed by atoms with van der Waals surface area (Å²) in [7, 11) is 0. The Bertz CT molecular complexity index is 633. The third-order valence-corrected chi connectivity index (χ3v) is 3.54. The first kappa shape index (κ1) is 13.7. The highest BCUT2D eigenvalue weighted by Crippen LogP contribution is 2.21. The van der Waals surface area contributed by atoms with E-state index < -0.39 is 0 Å². The van der Waals surface area contributed by atoms with Crippen LogP contribution in [0.5, 0.6) is 0 Å². The van der Waals surface area contributed by atoms with Crippen molar-refractivity contribution in [2.24, 2.45) is 0 Å². The van der Waals surface area contributed by atoms with Crippen molar-refractivity contribution in [2.75, 3.05) is 31.1 Å². The minimum atomic E-state index is -0.254. The Hall–Kier alpha value is -2.27. The molecule has 2 heterocycles. The first-order chi connectivity index (χ1) is 10.2. The maximum Gasteiger partial charge on any atom is 0.225 e. The first-order valence-corrected chi connectivity index (χ1v) is 6.98. The number of hydrogen-bond acceptors (Lipinski definition) is 4. The molecule has 0 bridgehead atoms. The number of aromatic nitrogens is 2. The number of nitrogens with zero attached hydrogens (tertiary/aromatic N) is 3. The molecular weight excluding hydrogens is 267 g/mol. The first-order valence-electron chi connectivity index (χ1n) is 6.98. The van der Waals surface area contributed by atoms with Crippen LogP contribution in [0.1, 0.15) is 11.3 Å². The number of anilines is 1. The van der Waals surface area contributed by atoms with Crippen LogP contribution in [0, 0.1) is 5.82 Å². The van der Waals surface area contributed by atoms with Gasteiger partial charge < -0.3 is 10.2 Å². The van der Waals surface area contributed by atoms with Gasteiger partial charge in [0.25, 0.3) is 0 Å². The van der Waals surface area contributed by atoms with Gasteiger partial charge in [-0.2, -0.15) is 0 Å². The van der Waals surface area contributed by atoms with E-state index in [1.807, 2.05) is 6.07 Å². The molecule has 1 N–H and O–H groups in total. The molecule has 1 aliphatic heterocycles. The topological polar surface area (TPSA) is 41.1 Å². The average molecular weight is 284 g/mol. The predicted molar refractivity (Wildman–Crippen MR) is 81.7 cm³/mol. The molecule has 0 saturated carbocycles. The van der Waals surface area contributed by atoms with Crippen molar-refractivity contribution < 1.29 is 4.39 Å². The quantitative estimate of drug-likeness (QED) is 0.937. The summed E-state index contributed by atoms with van der Waals surface area (Å²) in [4.78, 5) is 11.1. The van der Waals surface area contributed by atoms with Crippen molar-refractivity contribution >= 4 is 11.5 Å². The third-order valence-electron chi connectivity index (χ3n) is 3.54. The van der Waals surface area contributed by atoms with Gasteiger partial charge in [0.05, 0.1) is 5.69 Å². The molecule has 0 amide bonds. The normalized spacial score (nSPS) is 15.0. The summed E-state index contributed by atoms with van der Waals surface area (Å²) >= 11 is 0. The molecule has 1 aliphatic rings. The number of benzene rings is 1. The molecule has 1 aromatic carbocycles. The van der Waals surface area contributed by atoms with Crippen LogP contribution in [0.4, 0.5) is 10.3 Å². The summed E-state index contributed by atoms with van der Waals surface area (Å²) in [6.07, 6.45) is 1.74. The Morgan fingerprint density at radius 1 is 1.14 bits per heavy atom. The lowest BCUT2D eigenvalue weighted by Gasteiger charge is -2.27. The Morgan fingerprint density at radius 2 is 1.86 bits per heavy atom. The lowest BCUT2D eigenvalue weighted by Crippen LogP contribution is -2.44. The van der Waals surface area contributed by atoms with Gasteiger partial charge >= 0.3 is 0 Å². The molecular formula is C16H17FN4. The van der Waals surface area contributed by atoms with E-state index in [4.69, 9.17) is 0 Å². The summed E-state index contributed by atoms with van der Waals surface area (Å²) in [6, 6.07) is 8.11. The molecule has 0 atom stereocenters. The maximum absolute atomic E-state index is 13.0. The molecule has 108 valence electrons. The molecule has 1 fully saturated rings. The van der Waals surface area contributed by atoms with Crippen molar-refractivity contribution in [2.45, 2.75) is 0 Å². The summed E-state index contributed by atoms with van der Waals surface area (Å²) in [5.74, 6) is 0.466. The number of piperazine rings is 1. The SMILES string of the molecule is C=C(c1ccc(F)cc1)c1ccnc(N2CCNCC2)n1. The summed E-state index contributed by atoms with van der Waals surface area (Å²) in [5, 5.41) is 3.30. The van der Waals surface area contributed by atoms with Crippen LogP contribution in [0.2, 0.25) is 0 Å². The van der Waals surface area contributed by atoms with Crippen molar-refractivity contribution in [1.29, 1.82) is 0 Å². The Morgan fingerprint density at radius 3 is 2.57 bits per heavy atom. The lowest BCUT2D eigenvalue weighted by molar-refractivity contribution is 0.579. The van der Waals surface area contributed by atoms with Crippen LogP contribution in [-0.2, 0) is 0 Å². The lowest BCUT2D eigenvalue weighted by atomic mass is 10.0. The molecule has 1 aromatic heterocycles. The number of rotatable bonds is 3. The van der Waals surface area contributed by atoms with E-state index in [2.05, 4.69) is 26.8 Å². The van der Waals surface area contributed by atoms with Crippen molar-refractivity contribution in [3.8, 4) is 0 Å². The zero-order chi connectivity index (χ0) is 14.7. The zero-order valence-corrected chi connectivity index (χ0v) is 11.7. The highest BCUT2D eigenvalue weighted by atomic mass is 19.1. The molecule has 21 heavy (non-hydrogen) atoms. The van der Waals surface area contributed by atoms with Gasteiger partial charge in [-0.25, -0.2) is 14.4 Å². The van der Waals surface area contributed by atoms with E-state index in [0.29, 0.717) is 0 Å². The molecule has 0 unspecified atom stereocenters. The Balaban J connectivity index is 1.85. The van der Waals surface area contributed by atoms with Gasteiger partial charge in [0.2, 0.25) is 5.95 Å². The molecule has 0 aliphatic carbocycles. The van der Waals surface area contributed by atoms with Crippen LogP contribution in [-0.4, -0.2) is 36.1 Å². The molecule has 1 saturated heterocycles. The minimum absolute atomic E-state index is 0.254. The molecule has 0 spiro atoms. The van der Waals surface area contributed by atoms with E-state index in [1.54, 1.807) is 18.3 Å². The van der Waals surface area contributed by atoms with E-state index in [0.717, 1.165) is 49.0 Å². The monoisotopic (exact) mass is 284 g/mol. The molecule has 4 nitrogen and oxygen atoms in total. The fraction of sp³-hybridized carbons (Fsp3) is 0.250. The fourth-order valence-corrected chi connectivity index (χ4v) is 2.33. The van der Waals surface area contributed by atoms with E-state index in [-0.39, 0.29) is 5.82 Å². The largest absolute Gasteiger partial charge is 0.338 e. The summed E-state index contributed by atoms with van der Waals surface area (Å²) in [6.45, 7) is 7.73. The molecule has 2 aromatic rings. The van der Waals surface area contributed by atoms with Crippen LogP contribution in [0.25, 0.3) is 5.57 Å². The predicted octanol–water partition coefficient (Wildman–Crippen LogP) is 2.09. The van der Waals surface area contributed by atoms with Crippen molar-refractivity contribution in [3.05, 3.63) is 60.2 Å². The molecule has 3 rings (SSSR count). The third kappa shape index (κ3) is 3.08. The van der Waals surface area contributed by atoms with Gasteiger partial charge in [0.15, 0.2) is 0 Å².